The molecule has 2 aliphatic rings. The van der Waals surface area contributed by atoms with E-state index in [0.29, 0.717) is 12.0 Å². The van der Waals surface area contributed by atoms with Crippen molar-refractivity contribution >= 4 is 5.91 Å². The molecule has 3 heteroatoms. The Morgan fingerprint density at radius 3 is 2.56 bits per heavy atom. The highest BCUT2D eigenvalue weighted by Gasteiger charge is 2.26. The lowest BCUT2D eigenvalue weighted by atomic mass is 9.84. The van der Waals surface area contributed by atoms with E-state index in [1.54, 1.807) is 0 Å². The van der Waals surface area contributed by atoms with Crippen LogP contribution in [0.1, 0.15) is 51.9 Å². The van der Waals surface area contributed by atoms with Gasteiger partial charge >= 0.3 is 0 Å². The van der Waals surface area contributed by atoms with Crippen LogP contribution in [0.4, 0.5) is 0 Å². The summed E-state index contributed by atoms with van der Waals surface area (Å²) in [6.07, 6.45) is 8.78. The van der Waals surface area contributed by atoms with Gasteiger partial charge in [0.1, 0.15) is 0 Å². The smallest absolute Gasteiger partial charge is 0.237 e. The van der Waals surface area contributed by atoms with Crippen molar-refractivity contribution in [2.24, 2.45) is 5.92 Å². The maximum absolute atomic E-state index is 11.9. The first-order valence-corrected chi connectivity index (χ1v) is 6.81. The summed E-state index contributed by atoms with van der Waals surface area (Å²) in [5.74, 6) is 0.926. The lowest BCUT2D eigenvalue weighted by molar-refractivity contribution is -0.123. The molecule has 0 aromatic rings. The Kier molecular flexibility index (Phi) is 4.22. The number of rotatable bonds is 3. The molecular weight excluding hydrogens is 200 g/mol. The first kappa shape index (κ1) is 11.9. The number of hydrogen-bond acceptors (Lipinski definition) is 2. The molecule has 0 radical (unpaired) electrons. The van der Waals surface area contributed by atoms with Gasteiger partial charge in [-0.3, -0.25) is 4.79 Å². The molecule has 0 aromatic carbocycles. The summed E-state index contributed by atoms with van der Waals surface area (Å²) in [6.45, 7) is 3.17. The van der Waals surface area contributed by atoms with Gasteiger partial charge in [-0.15, -0.1) is 0 Å². The first-order valence-electron chi connectivity index (χ1n) is 6.81. The van der Waals surface area contributed by atoms with E-state index in [1.807, 2.05) is 0 Å². The molecule has 1 heterocycles. The quantitative estimate of drug-likeness (QED) is 0.768. The van der Waals surface area contributed by atoms with E-state index < -0.39 is 0 Å². The van der Waals surface area contributed by atoms with Gasteiger partial charge in [0, 0.05) is 6.04 Å². The molecule has 1 amide bonds. The zero-order valence-corrected chi connectivity index (χ0v) is 10.3. The minimum Gasteiger partial charge on any atom is -0.352 e. The Bertz CT molecular complexity index is 230. The number of amides is 1. The number of carbonyl (C=O) groups is 1. The van der Waals surface area contributed by atoms with Gasteiger partial charge in [0.05, 0.1) is 6.04 Å². The van der Waals surface area contributed by atoms with Crippen molar-refractivity contribution < 1.29 is 4.79 Å². The first-order chi connectivity index (χ1) is 7.77. The standard InChI is InChI=1S/C13H24N2O/c1-10(11-6-3-2-4-7-11)15-13(16)12-8-5-9-14-12/h10-12,14H,2-9H2,1H3,(H,15,16). The minimum absolute atomic E-state index is 0.0750. The predicted molar refractivity (Wildman–Crippen MR) is 65.2 cm³/mol. The third-order valence-corrected chi connectivity index (χ3v) is 4.10. The molecule has 2 N–H and O–H groups in total. The summed E-state index contributed by atoms with van der Waals surface area (Å²) in [5.41, 5.74) is 0. The molecule has 0 spiro atoms. The maximum atomic E-state index is 11.9. The minimum atomic E-state index is 0.0750. The number of nitrogens with one attached hydrogen (secondary N) is 2. The summed E-state index contributed by atoms with van der Waals surface area (Å²) in [4.78, 5) is 11.9. The Hall–Kier alpha value is -0.570. The Morgan fingerprint density at radius 1 is 1.19 bits per heavy atom. The van der Waals surface area contributed by atoms with Crippen molar-refractivity contribution in [3.63, 3.8) is 0 Å². The Labute approximate surface area is 98.4 Å². The normalized spacial score (nSPS) is 28.9. The lowest BCUT2D eigenvalue weighted by Gasteiger charge is -2.29. The molecule has 3 nitrogen and oxygen atoms in total. The highest BCUT2D eigenvalue weighted by atomic mass is 16.2. The second-order valence-electron chi connectivity index (χ2n) is 5.34. The van der Waals surface area contributed by atoms with Gasteiger partial charge in [0.2, 0.25) is 5.91 Å². The van der Waals surface area contributed by atoms with Crippen molar-refractivity contribution in [2.45, 2.75) is 64.0 Å². The monoisotopic (exact) mass is 224 g/mol. The van der Waals surface area contributed by atoms with E-state index in [1.165, 1.54) is 32.1 Å². The molecule has 2 atom stereocenters. The fourth-order valence-electron chi connectivity index (χ4n) is 2.99. The molecule has 1 saturated carbocycles. The van der Waals surface area contributed by atoms with Gasteiger partial charge in [-0.2, -0.15) is 0 Å². The van der Waals surface area contributed by atoms with Crippen LogP contribution in [0, 0.1) is 5.92 Å². The molecule has 2 unspecified atom stereocenters. The van der Waals surface area contributed by atoms with Crippen LogP contribution in [0.25, 0.3) is 0 Å². The number of carbonyl (C=O) groups excluding carboxylic acids is 1. The van der Waals surface area contributed by atoms with E-state index in [0.717, 1.165) is 19.4 Å². The van der Waals surface area contributed by atoms with E-state index in [4.69, 9.17) is 0 Å². The summed E-state index contributed by atoms with van der Waals surface area (Å²) >= 11 is 0. The predicted octanol–water partition coefficient (Wildman–Crippen LogP) is 1.82. The lowest BCUT2D eigenvalue weighted by Crippen LogP contribution is -2.46. The molecule has 0 aromatic heterocycles. The second kappa shape index (κ2) is 5.67. The van der Waals surface area contributed by atoms with E-state index >= 15 is 0 Å². The zero-order chi connectivity index (χ0) is 11.4. The fraction of sp³-hybridized carbons (Fsp3) is 0.923. The topological polar surface area (TPSA) is 41.1 Å². The van der Waals surface area contributed by atoms with Crippen molar-refractivity contribution in [2.75, 3.05) is 6.54 Å². The average molecular weight is 224 g/mol. The third-order valence-electron chi connectivity index (χ3n) is 4.10. The SMILES string of the molecule is CC(NC(=O)C1CCCN1)C1CCCCC1. The molecular formula is C13H24N2O. The highest BCUT2D eigenvalue weighted by molar-refractivity contribution is 5.82. The van der Waals surface area contributed by atoms with Crippen LogP contribution in [-0.4, -0.2) is 24.5 Å². The summed E-state index contributed by atoms with van der Waals surface area (Å²) in [7, 11) is 0. The van der Waals surface area contributed by atoms with Gasteiger partial charge in [0.15, 0.2) is 0 Å². The largest absolute Gasteiger partial charge is 0.352 e. The summed E-state index contributed by atoms with van der Waals surface area (Å²) in [5, 5.41) is 6.44. The Morgan fingerprint density at radius 2 is 1.94 bits per heavy atom. The van der Waals surface area contributed by atoms with Gasteiger partial charge in [-0.05, 0) is 45.1 Å². The van der Waals surface area contributed by atoms with Gasteiger partial charge in [-0.25, -0.2) is 0 Å². The number of hydrogen-bond donors (Lipinski definition) is 2. The van der Waals surface area contributed by atoms with Crippen LogP contribution in [0.3, 0.4) is 0 Å². The molecule has 16 heavy (non-hydrogen) atoms. The van der Waals surface area contributed by atoms with Crippen LogP contribution < -0.4 is 10.6 Å². The van der Waals surface area contributed by atoms with Crippen LogP contribution in [0.15, 0.2) is 0 Å². The molecule has 1 saturated heterocycles. The van der Waals surface area contributed by atoms with Crippen molar-refractivity contribution in [1.29, 1.82) is 0 Å². The molecule has 92 valence electrons. The highest BCUT2D eigenvalue weighted by Crippen LogP contribution is 2.26. The van der Waals surface area contributed by atoms with Gasteiger partial charge < -0.3 is 10.6 Å². The van der Waals surface area contributed by atoms with Gasteiger partial charge in [0.25, 0.3) is 0 Å². The van der Waals surface area contributed by atoms with Crippen molar-refractivity contribution in [1.82, 2.24) is 10.6 Å². The van der Waals surface area contributed by atoms with Crippen LogP contribution in [-0.2, 0) is 4.79 Å². The van der Waals surface area contributed by atoms with Crippen LogP contribution >= 0.6 is 0 Å². The van der Waals surface area contributed by atoms with E-state index in [2.05, 4.69) is 17.6 Å². The average Bonchev–Trinajstić information content (AvgIpc) is 2.83. The molecule has 2 fully saturated rings. The van der Waals surface area contributed by atoms with Crippen molar-refractivity contribution in [3.8, 4) is 0 Å². The Balaban J connectivity index is 1.76. The maximum Gasteiger partial charge on any atom is 0.237 e. The van der Waals surface area contributed by atoms with Crippen molar-refractivity contribution in [3.05, 3.63) is 0 Å². The third kappa shape index (κ3) is 2.97. The molecule has 1 aliphatic carbocycles. The zero-order valence-electron chi connectivity index (χ0n) is 10.3. The molecule has 2 rings (SSSR count). The molecule has 1 aliphatic heterocycles. The summed E-state index contributed by atoms with van der Waals surface area (Å²) in [6, 6.07) is 0.432. The summed E-state index contributed by atoms with van der Waals surface area (Å²) < 4.78 is 0. The second-order valence-corrected chi connectivity index (χ2v) is 5.34. The van der Waals surface area contributed by atoms with E-state index in [9.17, 15) is 4.79 Å². The fourth-order valence-corrected chi connectivity index (χ4v) is 2.99. The van der Waals surface area contributed by atoms with Crippen LogP contribution in [0.2, 0.25) is 0 Å². The molecule has 0 bridgehead atoms. The van der Waals surface area contributed by atoms with E-state index in [-0.39, 0.29) is 11.9 Å². The van der Waals surface area contributed by atoms with Crippen LogP contribution in [0.5, 0.6) is 0 Å². The van der Waals surface area contributed by atoms with Gasteiger partial charge in [-0.1, -0.05) is 19.3 Å².